The zero-order chi connectivity index (χ0) is 8.81. The lowest BCUT2D eigenvalue weighted by Crippen LogP contribution is -2.18. The van der Waals surface area contributed by atoms with Gasteiger partial charge in [-0.2, -0.15) is 0 Å². The highest BCUT2D eigenvalue weighted by Crippen LogP contribution is 2.08. The van der Waals surface area contributed by atoms with Crippen LogP contribution in [0.1, 0.15) is 26.2 Å². The summed E-state index contributed by atoms with van der Waals surface area (Å²) in [4.78, 5) is 11.0. The van der Waals surface area contributed by atoms with E-state index in [1.807, 2.05) is 6.92 Å². The summed E-state index contributed by atoms with van der Waals surface area (Å²) in [5, 5.41) is 0. The molecule has 12 heavy (non-hydrogen) atoms. The fraction of sp³-hybridized carbons (Fsp3) is 0.889. The van der Waals surface area contributed by atoms with E-state index >= 15 is 0 Å². The Kier molecular flexibility index (Phi) is 4.25. The fourth-order valence-electron chi connectivity index (χ4n) is 1.21. The van der Waals surface area contributed by atoms with Crippen molar-refractivity contribution in [3.05, 3.63) is 0 Å². The van der Waals surface area contributed by atoms with E-state index in [4.69, 9.17) is 9.47 Å². The third-order valence-corrected chi connectivity index (χ3v) is 1.90. The molecule has 1 heterocycles. The quantitative estimate of drug-likeness (QED) is 0.624. The van der Waals surface area contributed by atoms with Gasteiger partial charge in [-0.05, 0) is 12.8 Å². The molecule has 0 amide bonds. The van der Waals surface area contributed by atoms with Gasteiger partial charge in [0.2, 0.25) is 0 Å². The SMILES string of the molecule is CCCC(=O)COC1CCOC1. The van der Waals surface area contributed by atoms with Crippen molar-refractivity contribution in [3.63, 3.8) is 0 Å². The molecule has 0 saturated carbocycles. The van der Waals surface area contributed by atoms with Crippen LogP contribution in [0.5, 0.6) is 0 Å². The number of carbonyl (C=O) groups is 1. The van der Waals surface area contributed by atoms with Gasteiger partial charge < -0.3 is 9.47 Å². The van der Waals surface area contributed by atoms with Crippen LogP contribution in [0.15, 0.2) is 0 Å². The van der Waals surface area contributed by atoms with Crippen LogP contribution >= 0.6 is 0 Å². The van der Waals surface area contributed by atoms with Crippen LogP contribution in [-0.4, -0.2) is 31.7 Å². The van der Waals surface area contributed by atoms with Gasteiger partial charge in [0.15, 0.2) is 5.78 Å². The van der Waals surface area contributed by atoms with E-state index in [-0.39, 0.29) is 18.5 Å². The fourth-order valence-corrected chi connectivity index (χ4v) is 1.21. The van der Waals surface area contributed by atoms with Gasteiger partial charge in [-0.15, -0.1) is 0 Å². The second-order valence-electron chi connectivity index (χ2n) is 3.09. The molecule has 0 aromatic heterocycles. The van der Waals surface area contributed by atoms with Crippen molar-refractivity contribution >= 4 is 5.78 Å². The Morgan fingerprint density at radius 1 is 1.67 bits per heavy atom. The highest BCUT2D eigenvalue weighted by Gasteiger charge is 2.16. The maximum atomic E-state index is 11.0. The van der Waals surface area contributed by atoms with Crippen LogP contribution in [0.25, 0.3) is 0 Å². The average molecular weight is 172 g/mol. The second-order valence-corrected chi connectivity index (χ2v) is 3.09. The molecule has 0 radical (unpaired) electrons. The van der Waals surface area contributed by atoms with Crippen molar-refractivity contribution in [2.24, 2.45) is 0 Å². The van der Waals surface area contributed by atoms with Gasteiger partial charge in [0, 0.05) is 13.0 Å². The smallest absolute Gasteiger partial charge is 0.158 e. The van der Waals surface area contributed by atoms with Crippen LogP contribution in [0, 0.1) is 0 Å². The number of hydrogen-bond acceptors (Lipinski definition) is 3. The topological polar surface area (TPSA) is 35.5 Å². The summed E-state index contributed by atoms with van der Waals surface area (Å²) in [5.41, 5.74) is 0. The van der Waals surface area contributed by atoms with Crippen LogP contribution in [-0.2, 0) is 14.3 Å². The predicted molar refractivity (Wildman–Crippen MR) is 45.1 cm³/mol. The largest absolute Gasteiger partial charge is 0.379 e. The van der Waals surface area contributed by atoms with Crippen molar-refractivity contribution in [2.45, 2.75) is 32.3 Å². The highest BCUT2D eigenvalue weighted by atomic mass is 16.5. The van der Waals surface area contributed by atoms with Gasteiger partial charge in [-0.3, -0.25) is 4.79 Å². The third kappa shape index (κ3) is 3.32. The third-order valence-electron chi connectivity index (χ3n) is 1.90. The molecular weight excluding hydrogens is 156 g/mol. The standard InChI is InChI=1S/C9H16O3/c1-2-3-8(10)6-12-9-4-5-11-7-9/h9H,2-7H2,1H3. The van der Waals surface area contributed by atoms with Crippen molar-refractivity contribution in [1.29, 1.82) is 0 Å². The lowest BCUT2D eigenvalue weighted by Gasteiger charge is -2.07. The van der Waals surface area contributed by atoms with E-state index < -0.39 is 0 Å². The minimum Gasteiger partial charge on any atom is -0.379 e. The van der Waals surface area contributed by atoms with Crippen molar-refractivity contribution < 1.29 is 14.3 Å². The molecule has 1 aliphatic heterocycles. The molecular formula is C9H16O3. The first-order chi connectivity index (χ1) is 5.83. The minimum atomic E-state index is 0.158. The molecule has 1 saturated heterocycles. The predicted octanol–water partition coefficient (Wildman–Crippen LogP) is 1.16. The lowest BCUT2D eigenvalue weighted by atomic mass is 10.2. The molecule has 0 aromatic carbocycles. The van der Waals surface area contributed by atoms with E-state index in [2.05, 4.69) is 0 Å². The first-order valence-corrected chi connectivity index (χ1v) is 4.54. The summed E-state index contributed by atoms with van der Waals surface area (Å²) in [6.45, 7) is 3.69. The molecule has 0 aromatic rings. The van der Waals surface area contributed by atoms with Crippen LogP contribution in [0.4, 0.5) is 0 Å². The molecule has 3 heteroatoms. The Morgan fingerprint density at radius 3 is 3.08 bits per heavy atom. The Morgan fingerprint density at radius 2 is 2.50 bits per heavy atom. The van der Waals surface area contributed by atoms with E-state index in [1.165, 1.54) is 0 Å². The zero-order valence-electron chi connectivity index (χ0n) is 7.54. The Labute approximate surface area is 73.0 Å². The molecule has 1 atom stereocenters. The van der Waals surface area contributed by atoms with Crippen molar-refractivity contribution in [1.82, 2.24) is 0 Å². The number of hydrogen-bond donors (Lipinski definition) is 0. The molecule has 1 unspecified atom stereocenters. The molecule has 0 N–H and O–H groups in total. The Hall–Kier alpha value is -0.410. The highest BCUT2D eigenvalue weighted by molar-refractivity contribution is 5.79. The average Bonchev–Trinajstić information content (AvgIpc) is 2.53. The molecule has 1 rings (SSSR count). The molecule has 0 aliphatic carbocycles. The van der Waals surface area contributed by atoms with Gasteiger partial charge in [-0.25, -0.2) is 0 Å². The van der Waals surface area contributed by atoms with Crippen LogP contribution < -0.4 is 0 Å². The molecule has 1 aliphatic rings. The lowest BCUT2D eigenvalue weighted by molar-refractivity contribution is -0.125. The van der Waals surface area contributed by atoms with E-state index in [0.717, 1.165) is 19.4 Å². The molecule has 70 valence electrons. The Bertz CT molecular complexity index is 139. The van der Waals surface area contributed by atoms with Crippen LogP contribution in [0.3, 0.4) is 0 Å². The second kappa shape index (κ2) is 5.27. The number of ketones is 1. The van der Waals surface area contributed by atoms with Gasteiger partial charge in [0.25, 0.3) is 0 Å². The summed E-state index contributed by atoms with van der Waals surface area (Å²) in [6.07, 6.45) is 2.63. The summed E-state index contributed by atoms with van der Waals surface area (Å²) in [6, 6.07) is 0. The van der Waals surface area contributed by atoms with Crippen LogP contribution in [0.2, 0.25) is 0 Å². The van der Waals surface area contributed by atoms with Gasteiger partial charge >= 0.3 is 0 Å². The molecule has 1 fully saturated rings. The Balaban J connectivity index is 2.03. The monoisotopic (exact) mass is 172 g/mol. The number of carbonyl (C=O) groups excluding carboxylic acids is 1. The molecule has 3 nitrogen and oxygen atoms in total. The van der Waals surface area contributed by atoms with Crippen molar-refractivity contribution in [2.75, 3.05) is 19.8 Å². The maximum absolute atomic E-state index is 11.0. The number of Topliss-reactive ketones (excluding diaryl/α,β-unsaturated/α-hetero) is 1. The first-order valence-electron chi connectivity index (χ1n) is 4.54. The summed E-state index contributed by atoms with van der Waals surface area (Å²) in [7, 11) is 0. The van der Waals surface area contributed by atoms with Gasteiger partial charge in [0.1, 0.15) is 6.61 Å². The summed E-state index contributed by atoms with van der Waals surface area (Å²) in [5.74, 6) is 0.199. The van der Waals surface area contributed by atoms with E-state index in [1.54, 1.807) is 0 Å². The molecule has 0 bridgehead atoms. The zero-order valence-corrected chi connectivity index (χ0v) is 7.54. The van der Waals surface area contributed by atoms with Gasteiger partial charge in [0.05, 0.1) is 12.7 Å². The normalized spacial score (nSPS) is 22.9. The number of rotatable bonds is 5. The van der Waals surface area contributed by atoms with Crippen molar-refractivity contribution in [3.8, 4) is 0 Å². The van der Waals surface area contributed by atoms with E-state index in [9.17, 15) is 4.79 Å². The van der Waals surface area contributed by atoms with E-state index in [0.29, 0.717) is 13.0 Å². The minimum absolute atomic E-state index is 0.158. The van der Waals surface area contributed by atoms with Gasteiger partial charge in [-0.1, -0.05) is 6.92 Å². The summed E-state index contributed by atoms with van der Waals surface area (Å²) < 4.78 is 10.5. The number of ether oxygens (including phenoxy) is 2. The summed E-state index contributed by atoms with van der Waals surface area (Å²) >= 11 is 0. The first kappa shape index (κ1) is 9.68. The maximum Gasteiger partial charge on any atom is 0.158 e. The molecule has 0 spiro atoms.